The molecule has 0 aromatic rings. The van der Waals surface area contributed by atoms with Crippen LogP contribution in [-0.4, -0.2) is 72.8 Å². The summed E-state index contributed by atoms with van der Waals surface area (Å²) >= 11 is 0. The molecule has 184 valence electrons. The number of quaternary nitrogens is 1. The van der Waals surface area contributed by atoms with E-state index in [0.29, 0.717) is 0 Å². The molecule has 0 spiro atoms. The molecule has 0 aromatic heterocycles. The Hall–Kier alpha value is -0.900. The van der Waals surface area contributed by atoms with E-state index >= 15 is 0 Å². The molecule has 16 heteroatoms. The van der Waals surface area contributed by atoms with Crippen LogP contribution < -0.4 is 0 Å². The maximum absolute atomic E-state index is 12.7. The van der Waals surface area contributed by atoms with Crippen LogP contribution in [0.2, 0.25) is 0 Å². The first kappa shape index (κ1) is 31.3. The Morgan fingerprint density at radius 2 is 0.967 bits per heavy atom. The summed E-state index contributed by atoms with van der Waals surface area (Å²) in [6.07, 6.45) is -10.1. The molecular formula is C14H23F11NO3S+. The van der Waals surface area contributed by atoms with Gasteiger partial charge in [-0.1, -0.05) is 0 Å². The molecular weight excluding hydrogens is 471 g/mol. The topological polar surface area (TPSA) is 54.4 Å². The SMILES string of the molecule is CC[N+](CC)(CC)CC.O=S(=O)(O)C(F)(F)C(F)(F)C(F)(F)C(F)(F)CC(F)(F)F. The fourth-order valence-corrected chi connectivity index (χ4v) is 2.73. The van der Waals surface area contributed by atoms with Crippen LogP contribution in [0.1, 0.15) is 34.1 Å². The maximum Gasteiger partial charge on any atom is 0.438 e. The normalized spacial score (nSPS) is 14.9. The molecule has 4 nitrogen and oxygen atoms in total. The Balaban J connectivity index is 0. The van der Waals surface area contributed by atoms with Crippen LogP contribution in [0.3, 0.4) is 0 Å². The second-order valence-electron chi connectivity index (χ2n) is 6.24. The fourth-order valence-electron chi connectivity index (χ4n) is 2.28. The average molecular weight is 494 g/mol. The van der Waals surface area contributed by atoms with E-state index in [-0.39, 0.29) is 0 Å². The van der Waals surface area contributed by atoms with E-state index < -0.39 is 45.7 Å². The predicted molar refractivity (Wildman–Crippen MR) is 84.4 cm³/mol. The van der Waals surface area contributed by atoms with Crippen molar-refractivity contribution in [1.82, 2.24) is 0 Å². The minimum Gasteiger partial charge on any atom is -0.325 e. The van der Waals surface area contributed by atoms with Gasteiger partial charge < -0.3 is 4.48 Å². The highest BCUT2D eigenvalue weighted by Gasteiger charge is 2.85. The quantitative estimate of drug-likeness (QED) is 0.272. The summed E-state index contributed by atoms with van der Waals surface area (Å²) < 4.78 is 164. The van der Waals surface area contributed by atoms with E-state index in [4.69, 9.17) is 4.55 Å². The fraction of sp³-hybridized carbons (Fsp3) is 1.00. The van der Waals surface area contributed by atoms with Crippen molar-refractivity contribution in [3.63, 3.8) is 0 Å². The second kappa shape index (κ2) is 9.71. The average Bonchev–Trinajstić information content (AvgIpc) is 2.54. The number of alkyl halides is 11. The van der Waals surface area contributed by atoms with Gasteiger partial charge in [-0.3, -0.25) is 4.55 Å². The summed E-state index contributed by atoms with van der Waals surface area (Å²) in [6, 6.07) is 0. The van der Waals surface area contributed by atoms with Crippen molar-refractivity contribution in [3.8, 4) is 0 Å². The molecule has 0 aliphatic carbocycles. The minimum atomic E-state index is -7.53. The molecule has 0 aliphatic heterocycles. The van der Waals surface area contributed by atoms with E-state index in [2.05, 4.69) is 27.7 Å². The Morgan fingerprint density at radius 3 is 1.13 bits per heavy atom. The first-order valence-corrected chi connectivity index (χ1v) is 9.79. The van der Waals surface area contributed by atoms with Gasteiger partial charge in [-0.15, -0.1) is 0 Å². The Kier molecular flexibility index (Phi) is 10.1. The lowest BCUT2D eigenvalue weighted by Gasteiger charge is -2.35. The summed E-state index contributed by atoms with van der Waals surface area (Å²) in [5.74, 6) is -21.7. The summed E-state index contributed by atoms with van der Waals surface area (Å²) in [6.45, 7) is 14.2. The van der Waals surface area contributed by atoms with E-state index in [0.717, 1.165) is 0 Å². The van der Waals surface area contributed by atoms with Gasteiger partial charge in [-0.05, 0) is 27.7 Å². The third kappa shape index (κ3) is 6.55. The molecule has 0 aliphatic rings. The second-order valence-corrected chi connectivity index (χ2v) is 7.71. The van der Waals surface area contributed by atoms with Gasteiger partial charge in [0.05, 0.1) is 26.2 Å². The molecule has 0 amide bonds. The lowest BCUT2D eigenvalue weighted by atomic mass is 10.0. The van der Waals surface area contributed by atoms with E-state index in [1.165, 1.54) is 30.7 Å². The molecule has 0 rings (SSSR count). The zero-order chi connectivity index (χ0) is 25.0. The van der Waals surface area contributed by atoms with Crippen LogP contribution in [0.5, 0.6) is 0 Å². The number of halogens is 11. The van der Waals surface area contributed by atoms with Gasteiger partial charge in [0.15, 0.2) is 0 Å². The van der Waals surface area contributed by atoms with Crippen LogP contribution in [-0.2, 0) is 10.1 Å². The van der Waals surface area contributed by atoms with Gasteiger partial charge in [0.1, 0.15) is 6.42 Å². The highest BCUT2D eigenvalue weighted by atomic mass is 32.2. The van der Waals surface area contributed by atoms with Crippen molar-refractivity contribution >= 4 is 10.1 Å². The van der Waals surface area contributed by atoms with Gasteiger partial charge >= 0.3 is 39.3 Å². The molecule has 0 heterocycles. The third-order valence-electron chi connectivity index (χ3n) is 4.65. The van der Waals surface area contributed by atoms with Crippen molar-refractivity contribution in [2.75, 3.05) is 26.2 Å². The van der Waals surface area contributed by atoms with Crippen molar-refractivity contribution < 1.29 is 65.7 Å². The molecule has 0 atom stereocenters. The Morgan fingerprint density at radius 1 is 0.667 bits per heavy atom. The zero-order valence-electron chi connectivity index (χ0n) is 16.3. The number of hydrogen-bond donors (Lipinski definition) is 1. The van der Waals surface area contributed by atoms with Crippen molar-refractivity contribution in [1.29, 1.82) is 0 Å². The molecule has 0 saturated carbocycles. The molecule has 0 unspecified atom stereocenters. The highest BCUT2D eigenvalue weighted by molar-refractivity contribution is 7.87. The summed E-state index contributed by atoms with van der Waals surface area (Å²) in [4.78, 5) is 0. The summed E-state index contributed by atoms with van der Waals surface area (Å²) in [5, 5.41) is -7.15. The Bertz CT molecular complexity index is 626. The van der Waals surface area contributed by atoms with E-state index in [1.54, 1.807) is 0 Å². The smallest absolute Gasteiger partial charge is 0.325 e. The third-order valence-corrected chi connectivity index (χ3v) is 5.55. The van der Waals surface area contributed by atoms with Crippen LogP contribution >= 0.6 is 0 Å². The van der Waals surface area contributed by atoms with E-state index in [9.17, 15) is 56.7 Å². The van der Waals surface area contributed by atoms with Crippen LogP contribution in [0.25, 0.3) is 0 Å². The standard InChI is InChI=1S/C8H20N.C6H3F11O3S/c1-5-9(6-2,7-3)8-4;7-2(8,1-3(9,10)11)4(12,13)5(14,15)6(16,17)21(18,19)20/h5-8H2,1-4H3;1H2,(H,18,19,20)/q+1;. The van der Waals surface area contributed by atoms with Crippen molar-refractivity contribution in [3.05, 3.63) is 0 Å². The molecule has 0 radical (unpaired) electrons. The molecule has 1 N–H and O–H groups in total. The summed E-state index contributed by atoms with van der Waals surface area (Å²) in [5.41, 5.74) is 0. The van der Waals surface area contributed by atoms with Crippen LogP contribution in [0.15, 0.2) is 0 Å². The molecule has 0 aromatic carbocycles. The van der Waals surface area contributed by atoms with Gasteiger partial charge in [0, 0.05) is 0 Å². The largest absolute Gasteiger partial charge is 0.438 e. The zero-order valence-corrected chi connectivity index (χ0v) is 17.1. The minimum absolute atomic E-state index is 1.28. The van der Waals surface area contributed by atoms with Crippen LogP contribution in [0, 0.1) is 0 Å². The molecule has 30 heavy (non-hydrogen) atoms. The maximum atomic E-state index is 12.7. The lowest BCUT2D eigenvalue weighted by Crippen LogP contribution is -2.64. The molecule has 0 fully saturated rings. The monoisotopic (exact) mass is 494 g/mol. The first-order valence-electron chi connectivity index (χ1n) is 8.35. The highest BCUT2D eigenvalue weighted by Crippen LogP contribution is 2.56. The van der Waals surface area contributed by atoms with Crippen molar-refractivity contribution in [2.24, 2.45) is 0 Å². The Labute approximate surface area is 166 Å². The number of rotatable bonds is 9. The van der Waals surface area contributed by atoms with Gasteiger partial charge in [0.2, 0.25) is 0 Å². The summed E-state index contributed by atoms with van der Waals surface area (Å²) in [7, 11) is -7.33. The van der Waals surface area contributed by atoms with E-state index in [1.807, 2.05) is 0 Å². The number of nitrogens with zero attached hydrogens (tertiary/aromatic N) is 1. The molecule has 0 bridgehead atoms. The van der Waals surface area contributed by atoms with Gasteiger partial charge in [-0.2, -0.15) is 56.7 Å². The first-order chi connectivity index (χ1) is 12.9. The van der Waals surface area contributed by atoms with Crippen molar-refractivity contribution in [2.45, 2.75) is 63.3 Å². The van der Waals surface area contributed by atoms with Gasteiger partial charge in [-0.25, -0.2) is 0 Å². The lowest BCUT2D eigenvalue weighted by molar-refractivity contribution is -0.921. The van der Waals surface area contributed by atoms with Gasteiger partial charge in [0.25, 0.3) is 0 Å². The predicted octanol–water partition coefficient (Wildman–Crippen LogP) is 5.21. The molecule has 0 saturated heterocycles. The number of hydrogen-bond acceptors (Lipinski definition) is 2. The van der Waals surface area contributed by atoms with Crippen LogP contribution in [0.4, 0.5) is 48.3 Å².